The van der Waals surface area contributed by atoms with E-state index < -0.39 is 63.1 Å². The monoisotopic (exact) mass is 817 g/mol. The van der Waals surface area contributed by atoms with E-state index in [9.17, 15) is 39.8 Å². The molecule has 1 saturated carbocycles. The van der Waals surface area contributed by atoms with Crippen LogP contribution in [0.4, 0.5) is 0 Å². The van der Waals surface area contributed by atoms with Crippen molar-refractivity contribution < 1.29 is 58.3 Å². The average molecular weight is 817 g/mol. The third-order valence-electron chi connectivity index (χ3n) is 9.72. The minimum Gasteiger partial charge on any atom is -0.457 e. The predicted octanol–water partition coefficient (Wildman–Crippen LogP) is 8.08. The Labute approximate surface area is 337 Å². The summed E-state index contributed by atoms with van der Waals surface area (Å²) in [7, 11) is -5.01. The molecule has 6 atom stereocenters. The lowest BCUT2D eigenvalue weighted by Crippen LogP contribution is -2.64. The number of phosphoric acid groups is 1. The molecule has 1 aliphatic carbocycles. The lowest BCUT2D eigenvalue weighted by Gasteiger charge is -2.41. The third kappa shape index (κ3) is 26.3. The number of hydrogen-bond acceptors (Lipinski definition) is 11. The van der Waals surface area contributed by atoms with Crippen molar-refractivity contribution in [3.63, 3.8) is 0 Å². The number of unbranched alkanes of at least 4 members (excludes halogenated alkanes) is 15. The van der Waals surface area contributed by atoms with Crippen LogP contribution >= 0.6 is 7.82 Å². The number of esters is 1. The second-order valence-electron chi connectivity index (χ2n) is 14.8. The standard InChI is InChI=1S/C43H77O12P/c1-3-5-7-9-11-13-14-15-16-17-18-19-20-21-22-23-24-25-26-28-30-32-37(44)54-36(34-52-33-31-29-27-12-10-8-6-4-2)35-53-56(50,51)55-43-41(48)39(46)38(45)40(47)42(43)49/h5,7,11,13,15-16,18-19,36,38-43,45-49H,3-4,6,8-10,12,14,17,20-35H2,1-2H3,(H,50,51)/b7-5-,13-11-,16-15-,19-18-. The van der Waals surface area contributed by atoms with Gasteiger partial charge >= 0.3 is 13.8 Å². The summed E-state index contributed by atoms with van der Waals surface area (Å²) < 4.78 is 34.0. The molecule has 0 aromatic rings. The highest BCUT2D eigenvalue weighted by Gasteiger charge is 2.51. The minimum atomic E-state index is -5.01. The summed E-state index contributed by atoms with van der Waals surface area (Å²) in [4.78, 5) is 23.0. The van der Waals surface area contributed by atoms with Gasteiger partial charge in [0, 0.05) is 13.0 Å². The third-order valence-corrected chi connectivity index (χ3v) is 10.7. The maximum atomic E-state index is 12.7. The van der Waals surface area contributed by atoms with Crippen molar-refractivity contribution in [3.8, 4) is 0 Å². The van der Waals surface area contributed by atoms with Gasteiger partial charge in [0.05, 0.1) is 13.2 Å². The van der Waals surface area contributed by atoms with Gasteiger partial charge < -0.3 is 39.9 Å². The van der Waals surface area contributed by atoms with Crippen molar-refractivity contribution >= 4 is 13.8 Å². The van der Waals surface area contributed by atoms with Gasteiger partial charge in [-0.15, -0.1) is 0 Å². The number of ether oxygens (including phenoxy) is 2. The molecule has 1 aliphatic rings. The molecule has 12 nitrogen and oxygen atoms in total. The fourth-order valence-electron chi connectivity index (χ4n) is 6.29. The zero-order valence-electron chi connectivity index (χ0n) is 34.4. The average Bonchev–Trinajstić information content (AvgIpc) is 3.18. The smallest absolute Gasteiger partial charge is 0.457 e. The zero-order chi connectivity index (χ0) is 41.3. The molecule has 0 aromatic heterocycles. The van der Waals surface area contributed by atoms with Gasteiger partial charge in [0.15, 0.2) is 0 Å². The summed E-state index contributed by atoms with van der Waals surface area (Å²) in [5.74, 6) is -0.489. The van der Waals surface area contributed by atoms with E-state index in [0.29, 0.717) is 13.0 Å². The van der Waals surface area contributed by atoms with Crippen molar-refractivity contribution in [1.82, 2.24) is 0 Å². The number of carbonyl (C=O) groups excluding carboxylic acids is 1. The molecule has 0 saturated heterocycles. The lowest BCUT2D eigenvalue weighted by atomic mass is 9.85. The molecule has 13 heteroatoms. The Morgan fingerprint density at radius 1 is 0.589 bits per heavy atom. The highest BCUT2D eigenvalue weighted by atomic mass is 31.2. The molecule has 1 fully saturated rings. The summed E-state index contributed by atoms with van der Waals surface area (Å²) in [5.41, 5.74) is 0. The molecule has 0 heterocycles. The number of rotatable bonds is 35. The van der Waals surface area contributed by atoms with E-state index in [-0.39, 0.29) is 13.0 Å². The highest BCUT2D eigenvalue weighted by Crippen LogP contribution is 2.47. The maximum absolute atomic E-state index is 12.7. The number of aliphatic hydroxyl groups excluding tert-OH is 5. The zero-order valence-corrected chi connectivity index (χ0v) is 35.3. The number of hydrogen-bond donors (Lipinski definition) is 6. The second kappa shape index (κ2) is 34.2. The van der Waals surface area contributed by atoms with Crippen LogP contribution in [0.1, 0.15) is 155 Å². The SMILES string of the molecule is CC/C=C\C/C=C\C/C=C\C/C=C\CCCCCCCCCCC(=O)OC(COCCCCCCCCCC)COP(=O)(O)OC1C(O)C(O)C(O)C(O)C1O. The van der Waals surface area contributed by atoms with Gasteiger partial charge in [-0.25, -0.2) is 4.57 Å². The summed E-state index contributed by atoms with van der Waals surface area (Å²) in [6.45, 7) is 4.09. The Morgan fingerprint density at radius 3 is 1.61 bits per heavy atom. The van der Waals surface area contributed by atoms with E-state index in [0.717, 1.165) is 77.0 Å². The van der Waals surface area contributed by atoms with Crippen LogP contribution in [0.3, 0.4) is 0 Å². The Kier molecular flexibility index (Phi) is 31.9. The molecular weight excluding hydrogens is 739 g/mol. The number of aliphatic hydroxyl groups is 5. The van der Waals surface area contributed by atoms with Gasteiger partial charge in [0.2, 0.25) is 0 Å². The first-order valence-corrected chi connectivity index (χ1v) is 23.0. The second-order valence-corrected chi connectivity index (χ2v) is 16.2. The van der Waals surface area contributed by atoms with E-state index in [2.05, 4.69) is 62.5 Å². The quantitative estimate of drug-likeness (QED) is 0.0156. The molecule has 0 aliphatic heterocycles. The molecule has 0 bridgehead atoms. The number of allylic oxidation sites excluding steroid dienone is 8. The molecule has 1 rings (SSSR count). The van der Waals surface area contributed by atoms with E-state index >= 15 is 0 Å². The molecule has 6 unspecified atom stereocenters. The van der Waals surface area contributed by atoms with Crippen LogP contribution in [0, 0.1) is 0 Å². The van der Waals surface area contributed by atoms with Crippen LogP contribution in [0.15, 0.2) is 48.6 Å². The van der Waals surface area contributed by atoms with E-state index in [4.69, 9.17) is 18.5 Å². The fourth-order valence-corrected chi connectivity index (χ4v) is 7.26. The van der Waals surface area contributed by atoms with Crippen LogP contribution in [0.2, 0.25) is 0 Å². The fraction of sp³-hybridized carbons (Fsp3) is 0.791. The molecule has 6 N–H and O–H groups in total. The summed E-state index contributed by atoms with van der Waals surface area (Å²) >= 11 is 0. The Hall–Kier alpha value is -1.70. The van der Waals surface area contributed by atoms with Crippen molar-refractivity contribution in [1.29, 1.82) is 0 Å². The summed E-state index contributed by atoms with van der Waals surface area (Å²) in [6, 6.07) is 0. The molecule has 0 radical (unpaired) electrons. The predicted molar refractivity (Wildman–Crippen MR) is 221 cm³/mol. The van der Waals surface area contributed by atoms with Crippen LogP contribution < -0.4 is 0 Å². The van der Waals surface area contributed by atoms with E-state index in [1.54, 1.807) is 0 Å². The largest absolute Gasteiger partial charge is 0.472 e. The van der Waals surface area contributed by atoms with Crippen LogP contribution in [-0.2, 0) is 27.9 Å². The molecule has 0 spiro atoms. The van der Waals surface area contributed by atoms with Crippen molar-refractivity contribution in [3.05, 3.63) is 48.6 Å². The first-order valence-electron chi connectivity index (χ1n) is 21.5. The van der Waals surface area contributed by atoms with E-state index in [1.807, 2.05) is 0 Å². The van der Waals surface area contributed by atoms with Crippen molar-refractivity contribution in [2.45, 2.75) is 198 Å². The molecule has 0 aromatic carbocycles. The van der Waals surface area contributed by atoms with Gasteiger partial charge in [0.25, 0.3) is 0 Å². The molecular formula is C43H77O12P. The van der Waals surface area contributed by atoms with Crippen LogP contribution in [-0.4, -0.2) is 98.9 Å². The Balaban J connectivity index is 2.36. The summed E-state index contributed by atoms with van der Waals surface area (Å²) in [6.07, 6.45) is 27.7. The molecule has 326 valence electrons. The highest BCUT2D eigenvalue weighted by molar-refractivity contribution is 7.47. The van der Waals surface area contributed by atoms with Crippen molar-refractivity contribution in [2.24, 2.45) is 0 Å². The molecule has 0 amide bonds. The number of carbonyl (C=O) groups is 1. The van der Waals surface area contributed by atoms with Crippen molar-refractivity contribution in [2.75, 3.05) is 19.8 Å². The topological polar surface area (TPSA) is 192 Å². The Bertz CT molecular complexity index is 1110. The van der Waals surface area contributed by atoms with Gasteiger partial charge in [-0.2, -0.15) is 0 Å². The Morgan fingerprint density at radius 2 is 1.05 bits per heavy atom. The van der Waals surface area contributed by atoms with E-state index in [1.165, 1.54) is 51.4 Å². The minimum absolute atomic E-state index is 0.0805. The first kappa shape index (κ1) is 52.3. The maximum Gasteiger partial charge on any atom is 0.472 e. The van der Waals surface area contributed by atoms with Gasteiger partial charge in [-0.05, 0) is 51.4 Å². The first-order chi connectivity index (χ1) is 27.0. The summed E-state index contributed by atoms with van der Waals surface area (Å²) in [5, 5.41) is 50.0. The number of phosphoric ester groups is 1. The van der Waals surface area contributed by atoms with Gasteiger partial charge in [-0.3, -0.25) is 13.8 Å². The van der Waals surface area contributed by atoms with Crippen LogP contribution in [0.25, 0.3) is 0 Å². The van der Waals surface area contributed by atoms with Gasteiger partial charge in [-0.1, -0.05) is 146 Å². The normalized spacial score (nSPS) is 23.5. The van der Waals surface area contributed by atoms with Gasteiger partial charge in [0.1, 0.15) is 42.7 Å². The lowest BCUT2D eigenvalue weighted by molar-refractivity contribution is -0.220. The van der Waals surface area contributed by atoms with Crippen LogP contribution in [0.5, 0.6) is 0 Å². The molecule has 56 heavy (non-hydrogen) atoms.